The monoisotopic (exact) mass is 765 g/mol. The Morgan fingerprint density at radius 1 is 0.509 bits per heavy atom. The second kappa shape index (κ2) is 21.2. The first-order chi connectivity index (χ1) is 28.2. The average Bonchev–Trinajstić information content (AvgIpc) is 4.08. The normalized spacial score (nSPS) is 15.5. The quantitative estimate of drug-likeness (QED) is 0.0882. The van der Waals surface area contributed by atoms with Crippen LogP contribution in [0.2, 0.25) is 0 Å². The van der Waals surface area contributed by atoms with Crippen molar-refractivity contribution in [3.8, 4) is 0 Å². The van der Waals surface area contributed by atoms with Gasteiger partial charge in [0.2, 0.25) is 0 Å². The zero-order valence-electron chi connectivity index (χ0n) is 35.7. The number of rotatable bonds is 16. The van der Waals surface area contributed by atoms with Crippen LogP contribution in [0, 0.1) is 0 Å². The maximum Gasteiger partial charge on any atom is 0.119 e. The fraction of sp³-hybridized carbons (Fsp3) is 0.537. The Kier molecular flexibility index (Phi) is 15.4. The molecule has 0 aromatic heterocycles. The van der Waals surface area contributed by atoms with Crippen molar-refractivity contribution < 1.29 is 4.79 Å². The minimum absolute atomic E-state index is 0.624. The highest BCUT2D eigenvalue weighted by Crippen LogP contribution is 2.50. The molecule has 0 fully saturated rings. The van der Waals surface area contributed by atoms with E-state index >= 15 is 0 Å². The zero-order valence-corrected chi connectivity index (χ0v) is 35.7. The van der Waals surface area contributed by atoms with Crippen LogP contribution >= 0.6 is 0 Å². The van der Waals surface area contributed by atoms with Crippen LogP contribution in [0.15, 0.2) is 60.7 Å². The number of hydrogen-bond donors (Lipinski definition) is 2. The van der Waals surface area contributed by atoms with Gasteiger partial charge in [0.15, 0.2) is 0 Å². The smallest absolute Gasteiger partial charge is 0.119 e. The van der Waals surface area contributed by atoms with Crippen molar-refractivity contribution in [3.05, 3.63) is 116 Å². The molecule has 5 aliphatic rings. The molecule has 1 aliphatic heterocycles. The van der Waals surface area contributed by atoms with E-state index < -0.39 is 0 Å². The summed E-state index contributed by atoms with van der Waals surface area (Å²) < 4.78 is 0. The Hall–Kier alpha value is -3.85. The molecule has 0 radical (unpaired) electrons. The van der Waals surface area contributed by atoms with Crippen LogP contribution in [0.5, 0.6) is 0 Å². The van der Waals surface area contributed by atoms with Crippen LogP contribution < -0.4 is 10.6 Å². The van der Waals surface area contributed by atoms with E-state index in [1.807, 2.05) is 0 Å². The molecule has 0 unspecified atom stereocenters. The van der Waals surface area contributed by atoms with Crippen LogP contribution in [0.1, 0.15) is 191 Å². The lowest BCUT2D eigenvalue weighted by Crippen LogP contribution is -2.17. The highest BCUT2D eigenvalue weighted by atomic mass is 16.1. The molecule has 0 bridgehead atoms. The first-order valence-electron chi connectivity index (χ1n) is 23.7. The fourth-order valence-corrected chi connectivity index (χ4v) is 10.6. The number of fused-ring (bicyclic) bond motifs is 8. The average molecular weight is 765 g/mol. The van der Waals surface area contributed by atoms with Crippen LogP contribution in [-0.4, -0.2) is 6.29 Å². The predicted molar refractivity (Wildman–Crippen MR) is 244 cm³/mol. The van der Waals surface area contributed by atoms with Crippen molar-refractivity contribution in [1.82, 2.24) is 0 Å². The summed E-state index contributed by atoms with van der Waals surface area (Å²) in [5, 5.41) is 7.41. The molecule has 57 heavy (non-hydrogen) atoms. The van der Waals surface area contributed by atoms with Gasteiger partial charge in [0, 0.05) is 35.1 Å². The van der Waals surface area contributed by atoms with Crippen LogP contribution in [0.3, 0.4) is 0 Å². The lowest BCUT2D eigenvalue weighted by Gasteiger charge is -2.33. The number of aldehydes is 1. The minimum Gasteiger partial charge on any atom is -0.356 e. The van der Waals surface area contributed by atoms with E-state index in [0.29, 0.717) is 5.92 Å². The van der Waals surface area contributed by atoms with E-state index in [4.69, 9.17) is 0 Å². The SMILES string of the molecule is CCCCCCCCC1c2c(ccc3c2CCC3)Nc2ccc3c(c21)CCC3.CCCCCCCCC=O.c1cc2c(cc1Nc1ccc3c(c1)CCC3)CCC2. The Bertz CT molecular complexity index is 1800. The third-order valence-corrected chi connectivity index (χ3v) is 13.6. The van der Waals surface area contributed by atoms with E-state index in [0.717, 1.165) is 19.1 Å². The number of anilines is 4. The predicted octanol–water partition coefficient (Wildman–Crippen LogP) is 14.9. The molecular weight excluding hydrogens is 693 g/mol. The van der Waals surface area contributed by atoms with Crippen molar-refractivity contribution in [2.24, 2.45) is 0 Å². The second-order valence-corrected chi connectivity index (χ2v) is 17.8. The molecule has 0 spiro atoms. The molecule has 0 atom stereocenters. The lowest BCUT2D eigenvalue weighted by molar-refractivity contribution is -0.107. The van der Waals surface area contributed by atoms with Gasteiger partial charge in [0.1, 0.15) is 6.29 Å². The van der Waals surface area contributed by atoms with Crippen LogP contribution in [0.4, 0.5) is 22.7 Å². The second-order valence-electron chi connectivity index (χ2n) is 17.8. The number of aryl methyl sites for hydroxylation is 6. The molecule has 0 saturated carbocycles. The maximum atomic E-state index is 9.89. The molecule has 0 saturated heterocycles. The van der Waals surface area contributed by atoms with Crippen LogP contribution in [-0.2, 0) is 56.2 Å². The molecule has 4 aliphatic carbocycles. The molecule has 3 heteroatoms. The van der Waals surface area contributed by atoms with E-state index in [1.165, 1.54) is 188 Å². The topological polar surface area (TPSA) is 41.1 Å². The summed E-state index contributed by atoms with van der Waals surface area (Å²) in [6, 6.07) is 23.2. The molecule has 9 rings (SSSR count). The molecule has 1 heterocycles. The molecule has 3 nitrogen and oxygen atoms in total. The molecule has 2 N–H and O–H groups in total. The van der Waals surface area contributed by atoms with Gasteiger partial charge in [-0.1, -0.05) is 109 Å². The Labute approximate surface area is 346 Å². The van der Waals surface area contributed by atoms with E-state index in [-0.39, 0.29) is 0 Å². The number of nitrogens with one attached hydrogen (secondary N) is 2. The summed E-state index contributed by atoms with van der Waals surface area (Å²) in [5.74, 6) is 0.624. The molecule has 0 amide bonds. The van der Waals surface area contributed by atoms with Gasteiger partial charge in [-0.05, 0) is 182 Å². The zero-order chi connectivity index (χ0) is 39.2. The molecular formula is C54H72N2O. The number of carbonyl (C=O) groups is 1. The number of benzene rings is 4. The van der Waals surface area contributed by atoms with Crippen molar-refractivity contribution in [1.29, 1.82) is 0 Å². The van der Waals surface area contributed by atoms with E-state index in [2.05, 4.69) is 85.1 Å². The van der Waals surface area contributed by atoms with E-state index in [9.17, 15) is 4.79 Å². The molecule has 4 aromatic carbocycles. The van der Waals surface area contributed by atoms with Gasteiger partial charge >= 0.3 is 0 Å². The van der Waals surface area contributed by atoms with Gasteiger partial charge in [0.05, 0.1) is 0 Å². The van der Waals surface area contributed by atoms with Gasteiger partial charge in [-0.2, -0.15) is 0 Å². The van der Waals surface area contributed by atoms with Gasteiger partial charge in [-0.25, -0.2) is 0 Å². The van der Waals surface area contributed by atoms with Gasteiger partial charge in [-0.15, -0.1) is 0 Å². The van der Waals surface area contributed by atoms with Crippen molar-refractivity contribution in [2.45, 2.75) is 187 Å². The van der Waals surface area contributed by atoms with Gasteiger partial charge in [0.25, 0.3) is 0 Å². The van der Waals surface area contributed by atoms with E-state index in [1.54, 1.807) is 44.5 Å². The summed E-state index contributed by atoms with van der Waals surface area (Å²) >= 11 is 0. The fourth-order valence-electron chi connectivity index (χ4n) is 10.6. The summed E-state index contributed by atoms with van der Waals surface area (Å²) in [6.45, 7) is 4.52. The minimum atomic E-state index is 0.624. The molecule has 304 valence electrons. The highest BCUT2D eigenvalue weighted by Gasteiger charge is 2.33. The molecule has 4 aromatic rings. The third kappa shape index (κ3) is 10.6. The van der Waals surface area contributed by atoms with Crippen molar-refractivity contribution in [2.75, 3.05) is 10.6 Å². The standard InChI is InChI=1S/C27H35N.C18H19N.C9H18O/c1-2-3-4-5-6-7-12-23-26-21-13-8-10-19(21)15-17-24(26)28-25-18-16-20-11-9-14-22(20)27(23)25;1-3-13-7-9-17(11-15(13)5-1)19-18-10-8-14-4-2-6-16(14)12-18;1-2-3-4-5-6-7-8-9-10/h15-18,23,28H,2-14H2,1H3;7-12,19H,1-6H2;9H,2-8H2,1H3. The number of carbonyl (C=O) groups excluding carboxylic acids is 1. The van der Waals surface area contributed by atoms with Gasteiger partial charge < -0.3 is 15.4 Å². The lowest BCUT2D eigenvalue weighted by atomic mass is 9.77. The Morgan fingerprint density at radius 2 is 0.947 bits per heavy atom. The Balaban J connectivity index is 0.000000148. The third-order valence-electron chi connectivity index (χ3n) is 13.6. The first kappa shape index (κ1) is 41.3. The van der Waals surface area contributed by atoms with Gasteiger partial charge in [-0.3, -0.25) is 0 Å². The number of unbranched alkanes of at least 4 members (excludes halogenated alkanes) is 11. The maximum absolute atomic E-state index is 9.89. The Morgan fingerprint density at radius 3 is 1.47 bits per heavy atom. The highest BCUT2D eigenvalue weighted by molar-refractivity contribution is 5.78. The summed E-state index contributed by atoms with van der Waals surface area (Å²) in [6.07, 6.45) is 34.6. The first-order valence-corrected chi connectivity index (χ1v) is 23.7. The largest absolute Gasteiger partial charge is 0.356 e. The summed E-state index contributed by atoms with van der Waals surface area (Å²) in [4.78, 5) is 9.89. The summed E-state index contributed by atoms with van der Waals surface area (Å²) in [7, 11) is 0. The number of hydrogen-bond acceptors (Lipinski definition) is 3. The van der Waals surface area contributed by atoms with Crippen molar-refractivity contribution in [3.63, 3.8) is 0 Å². The van der Waals surface area contributed by atoms with Crippen LogP contribution in [0.25, 0.3) is 0 Å². The summed E-state index contributed by atoms with van der Waals surface area (Å²) in [5.41, 5.74) is 21.4. The van der Waals surface area contributed by atoms with Crippen molar-refractivity contribution >= 4 is 29.0 Å².